The Morgan fingerprint density at radius 3 is 3.00 bits per heavy atom. The van der Waals surface area contributed by atoms with Gasteiger partial charge in [0.1, 0.15) is 0 Å². The highest BCUT2D eigenvalue weighted by Crippen LogP contribution is 2.22. The minimum absolute atomic E-state index is 0.225. The van der Waals surface area contributed by atoms with Crippen molar-refractivity contribution < 1.29 is 8.42 Å². The number of hydrogen-bond donors (Lipinski definition) is 1. The highest BCUT2D eigenvalue weighted by Gasteiger charge is 2.23. The fraction of sp³-hybridized carbons (Fsp3) is 0.615. The molecule has 0 aliphatic carbocycles. The molecule has 5 nitrogen and oxygen atoms in total. The maximum atomic E-state index is 11.2. The zero-order chi connectivity index (χ0) is 14.6. The molecule has 20 heavy (non-hydrogen) atoms. The molecule has 1 fully saturated rings. The third-order valence-corrected chi connectivity index (χ3v) is 4.59. The van der Waals surface area contributed by atoms with E-state index in [0.717, 1.165) is 37.9 Å². The first-order valence-corrected chi connectivity index (χ1v) is 9.00. The largest absolute Gasteiger partial charge is 0.295 e. The van der Waals surface area contributed by atoms with Crippen molar-refractivity contribution in [3.63, 3.8) is 0 Å². The smallest absolute Gasteiger partial charge is 0.208 e. The number of halogens is 1. The highest BCUT2D eigenvalue weighted by molar-refractivity contribution is 7.88. The van der Waals surface area contributed by atoms with Gasteiger partial charge in [-0.2, -0.15) is 0 Å². The molecule has 0 unspecified atom stereocenters. The van der Waals surface area contributed by atoms with Gasteiger partial charge in [0, 0.05) is 31.5 Å². The fourth-order valence-electron chi connectivity index (χ4n) is 2.50. The van der Waals surface area contributed by atoms with Crippen molar-refractivity contribution in [1.82, 2.24) is 14.6 Å². The molecule has 0 radical (unpaired) electrons. The van der Waals surface area contributed by atoms with Crippen molar-refractivity contribution in [3.8, 4) is 0 Å². The predicted octanol–water partition coefficient (Wildman–Crippen LogP) is 1.64. The van der Waals surface area contributed by atoms with Crippen LogP contribution in [-0.2, 0) is 16.6 Å². The van der Waals surface area contributed by atoms with Gasteiger partial charge in [-0.05, 0) is 31.0 Å². The zero-order valence-electron chi connectivity index (χ0n) is 11.5. The van der Waals surface area contributed by atoms with Crippen LogP contribution in [-0.4, -0.2) is 43.7 Å². The summed E-state index contributed by atoms with van der Waals surface area (Å²) < 4.78 is 25.1. The molecule has 0 bridgehead atoms. The Balaban J connectivity index is 2.02. The summed E-state index contributed by atoms with van der Waals surface area (Å²) in [6.45, 7) is 2.16. The first-order chi connectivity index (χ1) is 9.46. The monoisotopic (exact) mass is 317 g/mol. The van der Waals surface area contributed by atoms with E-state index in [0.29, 0.717) is 11.6 Å². The van der Waals surface area contributed by atoms with Gasteiger partial charge in [0.25, 0.3) is 0 Å². The van der Waals surface area contributed by atoms with Crippen LogP contribution in [0.5, 0.6) is 0 Å². The van der Waals surface area contributed by atoms with Gasteiger partial charge >= 0.3 is 0 Å². The van der Waals surface area contributed by atoms with Crippen molar-refractivity contribution in [3.05, 3.63) is 29.0 Å². The Morgan fingerprint density at radius 1 is 1.50 bits per heavy atom. The van der Waals surface area contributed by atoms with Crippen LogP contribution in [0.1, 0.15) is 24.8 Å². The molecule has 1 aromatic rings. The number of hydrogen-bond acceptors (Lipinski definition) is 4. The molecule has 2 heterocycles. The molecule has 7 heteroatoms. The van der Waals surface area contributed by atoms with Gasteiger partial charge in [0.2, 0.25) is 10.0 Å². The molecule has 1 aliphatic rings. The van der Waals surface area contributed by atoms with Gasteiger partial charge in [0.05, 0.1) is 11.3 Å². The lowest BCUT2D eigenvalue weighted by molar-refractivity contribution is 0.142. The molecular weight excluding hydrogens is 298 g/mol. The molecule has 0 spiro atoms. The van der Waals surface area contributed by atoms with E-state index < -0.39 is 10.0 Å². The van der Waals surface area contributed by atoms with Gasteiger partial charge < -0.3 is 0 Å². The number of aromatic nitrogens is 1. The van der Waals surface area contributed by atoms with Crippen LogP contribution in [0.3, 0.4) is 0 Å². The average molecular weight is 318 g/mol. The zero-order valence-corrected chi connectivity index (χ0v) is 13.1. The molecule has 0 aromatic carbocycles. The van der Waals surface area contributed by atoms with E-state index in [4.69, 9.17) is 11.6 Å². The Morgan fingerprint density at radius 2 is 2.30 bits per heavy atom. The van der Waals surface area contributed by atoms with E-state index in [-0.39, 0.29) is 6.04 Å². The number of nitrogens with one attached hydrogen (secondary N) is 1. The van der Waals surface area contributed by atoms with Crippen LogP contribution in [0, 0.1) is 0 Å². The average Bonchev–Trinajstić information content (AvgIpc) is 2.39. The molecule has 1 N–H and O–H groups in total. The Labute approximate surface area is 125 Å². The lowest BCUT2D eigenvalue weighted by atomic mass is 10.0. The van der Waals surface area contributed by atoms with Crippen molar-refractivity contribution in [1.29, 1.82) is 0 Å². The predicted molar refractivity (Wildman–Crippen MR) is 80.1 cm³/mol. The number of rotatable bonds is 5. The van der Waals surface area contributed by atoms with Crippen molar-refractivity contribution in [2.75, 3.05) is 19.3 Å². The summed E-state index contributed by atoms with van der Waals surface area (Å²) in [6, 6.07) is 2.14. The quantitative estimate of drug-likeness (QED) is 0.897. The normalized spacial score (nSPS) is 21.0. The van der Waals surface area contributed by atoms with Gasteiger partial charge in [-0.1, -0.05) is 18.0 Å². The summed E-state index contributed by atoms with van der Waals surface area (Å²) in [5, 5.41) is 0.660. The molecule has 0 amide bonds. The maximum Gasteiger partial charge on any atom is 0.208 e. The molecule has 112 valence electrons. The lowest BCUT2D eigenvalue weighted by Crippen LogP contribution is -2.46. The molecule has 1 saturated heterocycles. The summed E-state index contributed by atoms with van der Waals surface area (Å²) in [7, 11) is -3.14. The summed E-state index contributed by atoms with van der Waals surface area (Å²) in [5.74, 6) is 0. The lowest BCUT2D eigenvalue weighted by Gasteiger charge is -2.35. The maximum absolute atomic E-state index is 11.2. The first kappa shape index (κ1) is 15.7. The minimum Gasteiger partial charge on any atom is -0.295 e. The van der Waals surface area contributed by atoms with E-state index in [1.807, 2.05) is 6.07 Å². The van der Waals surface area contributed by atoms with Crippen LogP contribution in [0.15, 0.2) is 18.5 Å². The van der Waals surface area contributed by atoms with Gasteiger partial charge in [-0.25, -0.2) is 13.1 Å². The first-order valence-electron chi connectivity index (χ1n) is 6.73. The Hall–Kier alpha value is -0.690. The molecule has 0 saturated carbocycles. The second-order valence-electron chi connectivity index (χ2n) is 5.21. The van der Waals surface area contributed by atoms with Gasteiger partial charge in [0.15, 0.2) is 0 Å². The van der Waals surface area contributed by atoms with Crippen molar-refractivity contribution in [2.45, 2.75) is 31.8 Å². The van der Waals surface area contributed by atoms with Crippen molar-refractivity contribution in [2.24, 2.45) is 0 Å². The van der Waals surface area contributed by atoms with Gasteiger partial charge in [-0.3, -0.25) is 9.88 Å². The standard InChI is InChI=1S/C13H20ClN3O2S/c1-20(18,19)16-8-12-4-2-3-7-17(12)10-11-5-6-15-9-13(11)14/h5-6,9,12,16H,2-4,7-8,10H2,1H3/t12-/m1/s1. The minimum atomic E-state index is -3.14. The van der Waals surface area contributed by atoms with E-state index in [2.05, 4.69) is 14.6 Å². The SMILES string of the molecule is CS(=O)(=O)NC[C@H]1CCCCN1Cc1ccncc1Cl. The van der Waals surface area contributed by atoms with Crippen LogP contribution in [0.4, 0.5) is 0 Å². The third kappa shape index (κ3) is 4.70. The molecule has 1 aromatic heterocycles. The molecule has 1 aliphatic heterocycles. The van der Waals surface area contributed by atoms with Crippen molar-refractivity contribution >= 4 is 21.6 Å². The fourth-order valence-corrected chi connectivity index (χ4v) is 3.17. The summed E-state index contributed by atoms with van der Waals surface area (Å²) in [5.41, 5.74) is 1.04. The summed E-state index contributed by atoms with van der Waals surface area (Å²) in [4.78, 5) is 6.28. The topological polar surface area (TPSA) is 62.3 Å². The molecular formula is C13H20ClN3O2S. The second kappa shape index (κ2) is 6.85. The highest BCUT2D eigenvalue weighted by atomic mass is 35.5. The molecule has 2 rings (SSSR count). The number of nitrogens with zero attached hydrogens (tertiary/aromatic N) is 2. The van der Waals surface area contributed by atoms with Gasteiger partial charge in [-0.15, -0.1) is 0 Å². The number of likely N-dealkylation sites (tertiary alicyclic amines) is 1. The Kier molecular flexibility index (Phi) is 5.37. The molecule has 1 atom stereocenters. The van der Waals surface area contributed by atoms with E-state index in [9.17, 15) is 8.42 Å². The van der Waals surface area contributed by atoms with E-state index in [1.54, 1.807) is 12.4 Å². The van der Waals surface area contributed by atoms with E-state index >= 15 is 0 Å². The summed E-state index contributed by atoms with van der Waals surface area (Å²) >= 11 is 6.14. The number of piperidine rings is 1. The van der Waals surface area contributed by atoms with Crippen LogP contribution in [0.25, 0.3) is 0 Å². The second-order valence-corrected chi connectivity index (χ2v) is 7.45. The number of sulfonamides is 1. The third-order valence-electron chi connectivity index (χ3n) is 3.56. The van der Waals surface area contributed by atoms with Crippen LogP contribution in [0.2, 0.25) is 5.02 Å². The van der Waals surface area contributed by atoms with Crippen LogP contribution >= 0.6 is 11.6 Å². The summed E-state index contributed by atoms with van der Waals surface area (Å²) in [6.07, 6.45) is 7.85. The van der Waals surface area contributed by atoms with Crippen LogP contribution < -0.4 is 4.72 Å². The Bertz CT molecular complexity index is 550. The van der Waals surface area contributed by atoms with E-state index in [1.165, 1.54) is 6.26 Å². The number of pyridine rings is 1.